The van der Waals surface area contributed by atoms with Gasteiger partial charge in [0.2, 0.25) is 0 Å². The lowest BCUT2D eigenvalue weighted by atomic mass is 10.1. The number of hydrogen-bond donors (Lipinski definition) is 2. The first-order chi connectivity index (χ1) is 9.17. The van der Waals surface area contributed by atoms with Crippen molar-refractivity contribution < 1.29 is 0 Å². The van der Waals surface area contributed by atoms with E-state index in [-0.39, 0.29) is 0 Å². The molecule has 0 radical (unpaired) electrons. The average Bonchev–Trinajstić information content (AvgIpc) is 3.26. The summed E-state index contributed by atoms with van der Waals surface area (Å²) in [5.41, 5.74) is 0. The van der Waals surface area contributed by atoms with Gasteiger partial charge in [-0.05, 0) is 38.0 Å². The molecule has 4 heteroatoms. The average molecular weight is 264 g/mol. The van der Waals surface area contributed by atoms with Crippen LogP contribution in [0.5, 0.6) is 0 Å². The second-order valence-electron chi connectivity index (χ2n) is 6.70. The van der Waals surface area contributed by atoms with Crippen molar-refractivity contribution in [1.82, 2.24) is 15.5 Å². The van der Waals surface area contributed by atoms with Gasteiger partial charge in [-0.2, -0.15) is 0 Å². The lowest BCUT2D eigenvalue weighted by Crippen LogP contribution is -2.47. The molecular weight excluding hydrogens is 236 g/mol. The number of aliphatic imine (C=N–C) groups is 1. The quantitative estimate of drug-likeness (QED) is 0.596. The maximum Gasteiger partial charge on any atom is 0.191 e. The molecule has 2 saturated carbocycles. The van der Waals surface area contributed by atoms with Crippen LogP contribution in [-0.2, 0) is 0 Å². The lowest BCUT2D eigenvalue weighted by molar-refractivity contribution is 0.315. The summed E-state index contributed by atoms with van der Waals surface area (Å²) in [5, 5.41) is 7.24. The van der Waals surface area contributed by atoms with Gasteiger partial charge in [0.25, 0.3) is 0 Å². The van der Waals surface area contributed by atoms with Gasteiger partial charge in [0, 0.05) is 37.8 Å². The molecule has 1 saturated heterocycles. The summed E-state index contributed by atoms with van der Waals surface area (Å²) in [4.78, 5) is 7.26. The number of likely N-dealkylation sites (tertiary alicyclic amines) is 1. The Hall–Kier alpha value is -0.770. The molecule has 4 atom stereocenters. The highest BCUT2D eigenvalue weighted by atomic mass is 15.3. The minimum Gasteiger partial charge on any atom is -0.353 e. The Bertz CT molecular complexity index is 350. The standard InChI is InChI=1S/C15H28N4/c1-4-16-15(17-13-7-10(13)2)18-14-9-19(8-11(14)3)12-5-6-12/h10-14H,4-9H2,1-3H3,(H2,16,17,18). The van der Waals surface area contributed by atoms with Crippen LogP contribution in [0.2, 0.25) is 0 Å². The van der Waals surface area contributed by atoms with Crippen LogP contribution in [0.15, 0.2) is 4.99 Å². The Balaban J connectivity index is 1.53. The topological polar surface area (TPSA) is 39.7 Å². The van der Waals surface area contributed by atoms with Crippen molar-refractivity contribution in [2.75, 3.05) is 19.6 Å². The normalized spacial score (nSPS) is 39.4. The molecule has 2 N–H and O–H groups in total. The lowest BCUT2D eigenvalue weighted by Gasteiger charge is -2.20. The van der Waals surface area contributed by atoms with Gasteiger partial charge in [-0.1, -0.05) is 13.8 Å². The zero-order valence-corrected chi connectivity index (χ0v) is 12.5. The summed E-state index contributed by atoms with van der Waals surface area (Å²) in [5.74, 6) is 2.57. The highest BCUT2D eigenvalue weighted by molar-refractivity contribution is 5.80. The largest absolute Gasteiger partial charge is 0.353 e. The molecule has 0 aromatic carbocycles. The van der Waals surface area contributed by atoms with E-state index in [4.69, 9.17) is 0 Å². The third-order valence-electron chi connectivity index (χ3n) is 4.77. The van der Waals surface area contributed by atoms with E-state index in [1.807, 2.05) is 0 Å². The van der Waals surface area contributed by atoms with Crippen LogP contribution in [0.4, 0.5) is 0 Å². The Morgan fingerprint density at radius 2 is 1.79 bits per heavy atom. The van der Waals surface area contributed by atoms with Crippen molar-refractivity contribution in [1.29, 1.82) is 0 Å². The fraction of sp³-hybridized carbons (Fsp3) is 0.933. The molecule has 3 fully saturated rings. The molecule has 0 amide bonds. The molecule has 4 unspecified atom stereocenters. The van der Waals surface area contributed by atoms with E-state index in [1.165, 1.54) is 32.4 Å². The Morgan fingerprint density at radius 1 is 1.11 bits per heavy atom. The monoisotopic (exact) mass is 264 g/mol. The number of rotatable bonds is 4. The molecule has 2 aliphatic carbocycles. The van der Waals surface area contributed by atoms with E-state index in [2.05, 4.69) is 41.3 Å². The van der Waals surface area contributed by atoms with E-state index >= 15 is 0 Å². The van der Waals surface area contributed by atoms with Gasteiger partial charge in [0.05, 0.1) is 0 Å². The predicted molar refractivity (Wildman–Crippen MR) is 79.4 cm³/mol. The van der Waals surface area contributed by atoms with E-state index in [9.17, 15) is 0 Å². The predicted octanol–water partition coefficient (Wildman–Crippen LogP) is 1.43. The summed E-state index contributed by atoms with van der Waals surface area (Å²) in [6.07, 6.45) is 4.11. The van der Waals surface area contributed by atoms with Crippen molar-refractivity contribution in [2.45, 2.75) is 58.2 Å². The third kappa shape index (κ3) is 3.22. The maximum absolute atomic E-state index is 4.60. The minimum atomic E-state index is 0.562. The first-order valence-corrected chi connectivity index (χ1v) is 7.99. The molecule has 1 aliphatic heterocycles. The van der Waals surface area contributed by atoms with E-state index in [1.54, 1.807) is 0 Å². The maximum atomic E-state index is 4.60. The van der Waals surface area contributed by atoms with Crippen LogP contribution in [0.1, 0.15) is 40.0 Å². The third-order valence-corrected chi connectivity index (χ3v) is 4.77. The van der Waals surface area contributed by atoms with Crippen molar-refractivity contribution in [2.24, 2.45) is 16.8 Å². The fourth-order valence-electron chi connectivity index (χ4n) is 3.10. The SMILES string of the molecule is CCN=C(NC1CC1C)NC1CN(C2CC2)CC1C. The van der Waals surface area contributed by atoms with Crippen LogP contribution < -0.4 is 10.6 Å². The smallest absolute Gasteiger partial charge is 0.191 e. The summed E-state index contributed by atoms with van der Waals surface area (Å²) in [6.45, 7) is 10.1. The molecule has 1 heterocycles. The molecule has 4 nitrogen and oxygen atoms in total. The van der Waals surface area contributed by atoms with Crippen molar-refractivity contribution in [3.05, 3.63) is 0 Å². The number of guanidine groups is 1. The van der Waals surface area contributed by atoms with Gasteiger partial charge in [0.1, 0.15) is 0 Å². The van der Waals surface area contributed by atoms with Gasteiger partial charge >= 0.3 is 0 Å². The minimum absolute atomic E-state index is 0.562. The Labute approximate surface area is 117 Å². The van der Waals surface area contributed by atoms with Gasteiger partial charge in [-0.15, -0.1) is 0 Å². The van der Waals surface area contributed by atoms with Crippen LogP contribution in [0.3, 0.4) is 0 Å². The Morgan fingerprint density at radius 3 is 2.37 bits per heavy atom. The molecule has 3 aliphatic rings. The zero-order valence-electron chi connectivity index (χ0n) is 12.5. The summed E-state index contributed by atoms with van der Waals surface area (Å²) < 4.78 is 0. The molecular formula is C15H28N4. The highest BCUT2D eigenvalue weighted by Crippen LogP contribution is 2.32. The summed E-state index contributed by atoms with van der Waals surface area (Å²) in [7, 11) is 0. The van der Waals surface area contributed by atoms with Crippen molar-refractivity contribution >= 4 is 5.96 Å². The first-order valence-electron chi connectivity index (χ1n) is 7.99. The molecule has 0 bridgehead atoms. The zero-order chi connectivity index (χ0) is 13.4. The first kappa shape index (κ1) is 13.2. The van der Waals surface area contributed by atoms with Crippen LogP contribution >= 0.6 is 0 Å². The summed E-state index contributed by atoms with van der Waals surface area (Å²) in [6, 6.07) is 2.10. The summed E-state index contributed by atoms with van der Waals surface area (Å²) >= 11 is 0. The molecule has 0 aromatic rings. The Kier molecular flexibility index (Phi) is 3.70. The number of nitrogens with one attached hydrogen (secondary N) is 2. The van der Waals surface area contributed by atoms with Crippen LogP contribution in [-0.4, -0.2) is 48.6 Å². The fourth-order valence-corrected chi connectivity index (χ4v) is 3.10. The van der Waals surface area contributed by atoms with Crippen molar-refractivity contribution in [3.63, 3.8) is 0 Å². The molecule has 0 aromatic heterocycles. The molecule has 19 heavy (non-hydrogen) atoms. The van der Waals surface area contributed by atoms with Gasteiger partial charge in [-0.3, -0.25) is 9.89 Å². The molecule has 108 valence electrons. The molecule has 3 rings (SSSR count). The molecule has 0 spiro atoms. The second kappa shape index (κ2) is 5.31. The number of nitrogens with zero attached hydrogens (tertiary/aromatic N) is 2. The van der Waals surface area contributed by atoms with Crippen molar-refractivity contribution in [3.8, 4) is 0 Å². The van der Waals surface area contributed by atoms with Crippen LogP contribution in [0.25, 0.3) is 0 Å². The van der Waals surface area contributed by atoms with Gasteiger partial charge in [-0.25, -0.2) is 0 Å². The van der Waals surface area contributed by atoms with Gasteiger partial charge in [0.15, 0.2) is 5.96 Å². The second-order valence-corrected chi connectivity index (χ2v) is 6.70. The highest BCUT2D eigenvalue weighted by Gasteiger charge is 2.39. The number of hydrogen-bond acceptors (Lipinski definition) is 2. The van der Waals surface area contributed by atoms with Gasteiger partial charge < -0.3 is 10.6 Å². The van der Waals surface area contributed by atoms with E-state index in [0.29, 0.717) is 12.1 Å². The van der Waals surface area contributed by atoms with Crippen LogP contribution in [0, 0.1) is 11.8 Å². The van der Waals surface area contributed by atoms with E-state index in [0.717, 1.165) is 30.4 Å². The van der Waals surface area contributed by atoms with E-state index < -0.39 is 0 Å².